The van der Waals surface area contributed by atoms with Crippen LogP contribution in [0.2, 0.25) is 0 Å². The summed E-state index contributed by atoms with van der Waals surface area (Å²) in [5.74, 6) is -1.73. The predicted octanol–water partition coefficient (Wildman–Crippen LogP) is 4.48. The number of rotatable bonds is 5. The maximum atomic E-state index is 12.9. The van der Waals surface area contributed by atoms with Gasteiger partial charge in [-0.3, -0.25) is 19.3 Å². The van der Waals surface area contributed by atoms with Crippen molar-refractivity contribution in [2.45, 2.75) is 33.1 Å². The number of hydrogen-bond donors (Lipinski definition) is 1. The minimum atomic E-state index is -0.704. The van der Waals surface area contributed by atoms with E-state index < -0.39 is 18.5 Å². The van der Waals surface area contributed by atoms with Crippen LogP contribution >= 0.6 is 15.9 Å². The number of esters is 1. The van der Waals surface area contributed by atoms with Gasteiger partial charge in [-0.25, -0.2) is 4.79 Å². The standard InChI is InChI=1S/C25H25BrN2O5/c1-14-6-8-19-20(10-14)24(31)28(23(19)30)18-5-3-4-16(12-18)25(32)33-13-22(29)27-21-9-7-17(26)11-15(21)2/h3-5,7,9,11-12,14,19-20H,6,8,10,13H2,1-2H3,(H,27,29)/t14-,19+,20-/m0/s1. The fraction of sp³-hybridized carbons (Fsp3) is 0.360. The highest BCUT2D eigenvalue weighted by Crippen LogP contribution is 2.42. The van der Waals surface area contributed by atoms with Gasteiger partial charge in [-0.2, -0.15) is 0 Å². The molecule has 1 heterocycles. The molecule has 0 bridgehead atoms. The number of hydrogen-bond acceptors (Lipinski definition) is 5. The summed E-state index contributed by atoms with van der Waals surface area (Å²) in [5, 5.41) is 2.71. The van der Waals surface area contributed by atoms with Crippen LogP contribution in [0, 0.1) is 24.7 Å². The highest BCUT2D eigenvalue weighted by atomic mass is 79.9. The lowest BCUT2D eigenvalue weighted by Crippen LogP contribution is -2.31. The number of benzene rings is 2. The molecule has 1 aliphatic carbocycles. The molecule has 2 aromatic carbocycles. The first kappa shape index (κ1) is 23.2. The molecule has 2 aliphatic rings. The van der Waals surface area contributed by atoms with Gasteiger partial charge in [0.25, 0.3) is 5.91 Å². The Morgan fingerprint density at radius 1 is 1.09 bits per heavy atom. The molecule has 4 rings (SSSR count). The Hall–Kier alpha value is -3.00. The lowest BCUT2D eigenvalue weighted by molar-refractivity contribution is -0.122. The molecular formula is C25H25BrN2O5. The van der Waals surface area contributed by atoms with Crippen LogP contribution in [0.3, 0.4) is 0 Å². The first-order chi connectivity index (χ1) is 15.7. The number of ether oxygens (including phenoxy) is 1. The van der Waals surface area contributed by atoms with E-state index in [0.717, 1.165) is 16.5 Å². The van der Waals surface area contributed by atoms with Gasteiger partial charge in [-0.15, -0.1) is 0 Å². The predicted molar refractivity (Wildman–Crippen MR) is 127 cm³/mol. The van der Waals surface area contributed by atoms with Gasteiger partial charge in [0.05, 0.1) is 23.1 Å². The van der Waals surface area contributed by atoms with Gasteiger partial charge in [-0.1, -0.05) is 28.9 Å². The molecule has 33 heavy (non-hydrogen) atoms. The number of amides is 3. The zero-order chi connectivity index (χ0) is 23.7. The molecule has 1 saturated heterocycles. The molecule has 0 aromatic heterocycles. The Morgan fingerprint density at radius 3 is 2.61 bits per heavy atom. The van der Waals surface area contributed by atoms with Crippen molar-refractivity contribution in [1.82, 2.24) is 0 Å². The highest BCUT2D eigenvalue weighted by Gasteiger charge is 2.50. The van der Waals surface area contributed by atoms with Crippen LogP contribution in [0.5, 0.6) is 0 Å². The third kappa shape index (κ3) is 4.85. The highest BCUT2D eigenvalue weighted by molar-refractivity contribution is 9.10. The molecule has 7 nitrogen and oxygen atoms in total. The van der Waals surface area contributed by atoms with E-state index in [-0.39, 0.29) is 29.2 Å². The number of halogens is 1. The van der Waals surface area contributed by atoms with Crippen LogP contribution in [-0.2, 0) is 19.1 Å². The van der Waals surface area contributed by atoms with E-state index in [1.165, 1.54) is 17.0 Å². The molecule has 1 saturated carbocycles. The Bertz CT molecular complexity index is 1130. The number of imide groups is 1. The quantitative estimate of drug-likeness (QED) is 0.470. The van der Waals surface area contributed by atoms with Crippen molar-refractivity contribution in [3.05, 3.63) is 58.1 Å². The monoisotopic (exact) mass is 512 g/mol. The van der Waals surface area contributed by atoms with E-state index in [0.29, 0.717) is 30.1 Å². The zero-order valence-corrected chi connectivity index (χ0v) is 20.1. The smallest absolute Gasteiger partial charge is 0.338 e. The molecular weight excluding hydrogens is 488 g/mol. The van der Waals surface area contributed by atoms with E-state index >= 15 is 0 Å². The van der Waals surface area contributed by atoms with E-state index in [2.05, 4.69) is 28.2 Å². The molecule has 3 amide bonds. The van der Waals surface area contributed by atoms with E-state index in [1.807, 2.05) is 13.0 Å². The van der Waals surface area contributed by atoms with E-state index in [1.54, 1.807) is 24.3 Å². The SMILES string of the molecule is Cc1cc(Br)ccc1NC(=O)COC(=O)c1cccc(N2C(=O)[C@H]3C[C@@H](C)CC[C@H]3C2=O)c1. The summed E-state index contributed by atoms with van der Waals surface area (Å²) >= 11 is 3.37. The number of carbonyl (C=O) groups is 4. The van der Waals surface area contributed by atoms with Crippen molar-refractivity contribution in [1.29, 1.82) is 0 Å². The number of fused-ring (bicyclic) bond motifs is 1. The number of anilines is 2. The van der Waals surface area contributed by atoms with E-state index in [4.69, 9.17) is 4.74 Å². The molecule has 3 atom stereocenters. The topological polar surface area (TPSA) is 92.8 Å². The van der Waals surface area contributed by atoms with E-state index in [9.17, 15) is 19.2 Å². The fourth-order valence-electron chi connectivity index (χ4n) is 4.58. The molecule has 0 unspecified atom stereocenters. The third-order valence-electron chi connectivity index (χ3n) is 6.32. The van der Waals surface area contributed by atoms with Gasteiger partial charge in [0.15, 0.2) is 6.61 Å². The summed E-state index contributed by atoms with van der Waals surface area (Å²) < 4.78 is 6.05. The van der Waals surface area contributed by atoms with Crippen molar-refractivity contribution in [2.24, 2.45) is 17.8 Å². The second-order valence-corrected chi connectivity index (χ2v) is 9.69. The van der Waals surface area contributed by atoms with Crippen LogP contribution in [0.4, 0.5) is 11.4 Å². The largest absolute Gasteiger partial charge is 0.452 e. The van der Waals surface area contributed by atoms with Gasteiger partial charge < -0.3 is 10.1 Å². The van der Waals surface area contributed by atoms with Crippen LogP contribution in [-0.4, -0.2) is 30.3 Å². The number of aryl methyl sites for hydroxylation is 1. The minimum Gasteiger partial charge on any atom is -0.452 e. The van der Waals surface area contributed by atoms with Gasteiger partial charge in [0.1, 0.15) is 0 Å². The van der Waals surface area contributed by atoms with Crippen molar-refractivity contribution < 1.29 is 23.9 Å². The lowest BCUT2D eigenvalue weighted by atomic mass is 9.76. The lowest BCUT2D eigenvalue weighted by Gasteiger charge is -2.25. The third-order valence-corrected chi connectivity index (χ3v) is 6.82. The molecule has 0 spiro atoms. The number of nitrogens with one attached hydrogen (secondary N) is 1. The summed E-state index contributed by atoms with van der Waals surface area (Å²) in [6, 6.07) is 11.7. The second-order valence-electron chi connectivity index (χ2n) is 8.78. The minimum absolute atomic E-state index is 0.170. The van der Waals surface area contributed by atoms with Crippen molar-refractivity contribution in [3.8, 4) is 0 Å². The Balaban J connectivity index is 1.41. The Morgan fingerprint density at radius 2 is 1.85 bits per heavy atom. The average molecular weight is 513 g/mol. The average Bonchev–Trinajstić information content (AvgIpc) is 3.03. The summed E-state index contributed by atoms with van der Waals surface area (Å²) in [7, 11) is 0. The molecule has 2 aromatic rings. The summed E-state index contributed by atoms with van der Waals surface area (Å²) in [5.41, 5.74) is 2.02. The maximum absolute atomic E-state index is 12.9. The summed E-state index contributed by atoms with van der Waals surface area (Å²) in [6.45, 7) is 3.50. The first-order valence-electron chi connectivity index (χ1n) is 11.0. The Kier molecular flexibility index (Phi) is 6.65. The second kappa shape index (κ2) is 9.47. The van der Waals surface area contributed by atoms with Crippen LogP contribution in [0.25, 0.3) is 0 Å². The first-order valence-corrected chi connectivity index (χ1v) is 11.7. The molecule has 1 N–H and O–H groups in total. The Labute approximate surface area is 200 Å². The van der Waals surface area contributed by atoms with Crippen molar-refractivity contribution >= 4 is 51.0 Å². The van der Waals surface area contributed by atoms with Crippen LogP contribution in [0.15, 0.2) is 46.9 Å². The number of nitrogens with zero attached hydrogens (tertiary/aromatic N) is 1. The van der Waals surface area contributed by atoms with Gasteiger partial charge >= 0.3 is 5.97 Å². The van der Waals surface area contributed by atoms with Crippen LogP contribution in [0.1, 0.15) is 42.1 Å². The van der Waals surface area contributed by atoms with Crippen molar-refractivity contribution in [3.63, 3.8) is 0 Å². The summed E-state index contributed by atoms with van der Waals surface area (Å²) in [4.78, 5) is 51.8. The van der Waals surface area contributed by atoms with Gasteiger partial charge in [0.2, 0.25) is 11.8 Å². The maximum Gasteiger partial charge on any atom is 0.338 e. The van der Waals surface area contributed by atoms with Crippen molar-refractivity contribution in [2.75, 3.05) is 16.8 Å². The number of carbonyl (C=O) groups excluding carboxylic acids is 4. The molecule has 0 radical (unpaired) electrons. The fourth-order valence-corrected chi connectivity index (χ4v) is 5.06. The van der Waals surface area contributed by atoms with Gasteiger partial charge in [0, 0.05) is 10.2 Å². The normalized spacial score (nSPS) is 22.2. The molecule has 8 heteroatoms. The molecule has 1 aliphatic heterocycles. The van der Waals surface area contributed by atoms with Gasteiger partial charge in [-0.05, 0) is 74.1 Å². The van der Waals surface area contributed by atoms with Crippen LogP contribution < -0.4 is 10.2 Å². The summed E-state index contributed by atoms with van der Waals surface area (Å²) in [6.07, 6.45) is 2.35. The zero-order valence-electron chi connectivity index (χ0n) is 18.5. The molecule has 172 valence electrons. The molecule has 2 fully saturated rings.